The quantitative estimate of drug-likeness (QED) is 0.727. The van der Waals surface area contributed by atoms with Crippen LogP contribution in [0.3, 0.4) is 0 Å². The van der Waals surface area contributed by atoms with Gasteiger partial charge in [-0.05, 0) is 36.4 Å². The van der Waals surface area contributed by atoms with Gasteiger partial charge in [-0.3, -0.25) is 9.47 Å². The summed E-state index contributed by atoms with van der Waals surface area (Å²) in [6, 6.07) is 16.6. The highest BCUT2D eigenvalue weighted by Crippen LogP contribution is 2.24. The standard InChI is InChI=1S/C19H21N3OS/c1-23-16-8-6-15(7-9-16)22-18-5-3-2-4-17(18)20-19(22)14-21-10-12-24-13-11-21/h2-9H,10-14H2,1H3. The summed E-state index contributed by atoms with van der Waals surface area (Å²) in [4.78, 5) is 7.41. The minimum atomic E-state index is 0.873. The molecule has 0 saturated carbocycles. The van der Waals surface area contributed by atoms with Crippen molar-refractivity contribution in [2.24, 2.45) is 0 Å². The lowest BCUT2D eigenvalue weighted by molar-refractivity contribution is 0.286. The van der Waals surface area contributed by atoms with Gasteiger partial charge in [0.15, 0.2) is 0 Å². The summed E-state index contributed by atoms with van der Waals surface area (Å²) in [6.07, 6.45) is 0. The Morgan fingerprint density at radius 3 is 2.54 bits per heavy atom. The lowest BCUT2D eigenvalue weighted by Gasteiger charge is -2.26. The number of hydrogen-bond donors (Lipinski definition) is 0. The second kappa shape index (κ2) is 6.87. The van der Waals surface area contributed by atoms with E-state index in [4.69, 9.17) is 9.72 Å². The average Bonchev–Trinajstić information content (AvgIpc) is 3.00. The predicted octanol–water partition coefficient (Wildman–Crippen LogP) is 3.58. The average molecular weight is 339 g/mol. The van der Waals surface area contributed by atoms with E-state index in [0.29, 0.717) is 0 Å². The predicted molar refractivity (Wildman–Crippen MR) is 100 cm³/mol. The first-order chi connectivity index (χ1) is 11.8. The first kappa shape index (κ1) is 15.5. The van der Waals surface area contributed by atoms with Gasteiger partial charge in [0.1, 0.15) is 11.6 Å². The van der Waals surface area contributed by atoms with Gasteiger partial charge in [-0.25, -0.2) is 4.98 Å². The number of methoxy groups -OCH3 is 1. The normalized spacial score (nSPS) is 15.7. The fraction of sp³-hybridized carbons (Fsp3) is 0.316. The summed E-state index contributed by atoms with van der Waals surface area (Å²) in [5.74, 6) is 4.40. The van der Waals surface area contributed by atoms with Crippen molar-refractivity contribution in [3.63, 3.8) is 0 Å². The number of ether oxygens (including phenoxy) is 1. The summed E-state index contributed by atoms with van der Waals surface area (Å²) in [5, 5.41) is 0. The zero-order valence-electron chi connectivity index (χ0n) is 13.8. The molecule has 1 saturated heterocycles. The minimum absolute atomic E-state index is 0.873. The van der Waals surface area contributed by atoms with E-state index >= 15 is 0 Å². The lowest BCUT2D eigenvalue weighted by Crippen LogP contribution is -2.32. The molecule has 2 aromatic carbocycles. The van der Waals surface area contributed by atoms with Crippen molar-refractivity contribution in [2.45, 2.75) is 6.54 Å². The van der Waals surface area contributed by atoms with Crippen LogP contribution in [0.2, 0.25) is 0 Å². The lowest BCUT2D eigenvalue weighted by atomic mass is 10.2. The van der Waals surface area contributed by atoms with Crippen LogP contribution in [0.5, 0.6) is 5.75 Å². The molecular formula is C19H21N3OS. The number of imidazole rings is 1. The number of thioether (sulfide) groups is 1. The van der Waals surface area contributed by atoms with Crippen molar-refractivity contribution >= 4 is 22.8 Å². The molecule has 1 aliphatic rings. The van der Waals surface area contributed by atoms with Gasteiger partial charge in [0.05, 0.1) is 24.7 Å². The molecule has 0 atom stereocenters. The minimum Gasteiger partial charge on any atom is -0.497 e. The summed E-state index contributed by atoms with van der Waals surface area (Å²) in [7, 11) is 1.70. The Hall–Kier alpha value is -1.98. The summed E-state index contributed by atoms with van der Waals surface area (Å²) >= 11 is 2.04. The molecule has 1 aliphatic heterocycles. The molecule has 4 rings (SSSR count). The Labute approximate surface area is 146 Å². The van der Waals surface area contributed by atoms with Crippen molar-refractivity contribution in [1.82, 2.24) is 14.5 Å². The zero-order valence-corrected chi connectivity index (χ0v) is 14.6. The molecule has 1 fully saturated rings. The number of hydrogen-bond acceptors (Lipinski definition) is 4. The summed E-state index contributed by atoms with van der Waals surface area (Å²) in [5.41, 5.74) is 3.34. The topological polar surface area (TPSA) is 30.3 Å². The van der Waals surface area contributed by atoms with Gasteiger partial charge in [-0.2, -0.15) is 11.8 Å². The van der Waals surface area contributed by atoms with Crippen molar-refractivity contribution < 1.29 is 4.74 Å². The first-order valence-corrected chi connectivity index (χ1v) is 9.41. The second-order valence-corrected chi connectivity index (χ2v) is 7.16. The van der Waals surface area contributed by atoms with Gasteiger partial charge in [-0.15, -0.1) is 0 Å². The molecule has 1 aromatic heterocycles. The molecule has 0 aliphatic carbocycles. The van der Waals surface area contributed by atoms with Crippen molar-refractivity contribution in [3.8, 4) is 11.4 Å². The third-order valence-corrected chi connectivity index (χ3v) is 5.37. The van der Waals surface area contributed by atoms with Gasteiger partial charge >= 0.3 is 0 Å². The summed E-state index contributed by atoms with van der Waals surface area (Å²) < 4.78 is 7.56. The Morgan fingerprint density at radius 2 is 1.79 bits per heavy atom. The second-order valence-electron chi connectivity index (χ2n) is 5.94. The number of rotatable bonds is 4. The first-order valence-electron chi connectivity index (χ1n) is 8.26. The number of aromatic nitrogens is 2. The molecule has 24 heavy (non-hydrogen) atoms. The highest BCUT2D eigenvalue weighted by Gasteiger charge is 2.17. The smallest absolute Gasteiger partial charge is 0.128 e. The van der Waals surface area contributed by atoms with Crippen LogP contribution in [0, 0.1) is 0 Å². The van der Waals surface area contributed by atoms with E-state index in [1.54, 1.807) is 7.11 Å². The van der Waals surface area contributed by atoms with Crippen LogP contribution < -0.4 is 4.74 Å². The Morgan fingerprint density at radius 1 is 1.04 bits per heavy atom. The fourth-order valence-corrected chi connectivity index (χ4v) is 4.14. The molecule has 0 N–H and O–H groups in total. The number of para-hydroxylation sites is 2. The van der Waals surface area contributed by atoms with Crippen molar-refractivity contribution in [3.05, 3.63) is 54.4 Å². The van der Waals surface area contributed by atoms with Gasteiger partial charge < -0.3 is 4.74 Å². The molecule has 0 amide bonds. The highest BCUT2D eigenvalue weighted by atomic mass is 32.2. The molecule has 124 valence electrons. The van der Waals surface area contributed by atoms with Crippen LogP contribution in [0.1, 0.15) is 5.82 Å². The molecule has 0 spiro atoms. The Balaban J connectivity index is 1.76. The molecular weight excluding hydrogens is 318 g/mol. The number of fused-ring (bicyclic) bond motifs is 1. The van der Waals surface area contributed by atoms with Gasteiger partial charge in [0, 0.05) is 30.3 Å². The SMILES string of the molecule is COc1ccc(-n2c(CN3CCSCC3)nc3ccccc32)cc1. The maximum absolute atomic E-state index is 5.29. The Kier molecular flexibility index (Phi) is 4.45. The number of nitrogens with zero attached hydrogens (tertiary/aromatic N) is 3. The molecule has 5 heteroatoms. The zero-order chi connectivity index (χ0) is 16.4. The maximum atomic E-state index is 5.29. The van der Waals surface area contributed by atoms with E-state index in [-0.39, 0.29) is 0 Å². The van der Waals surface area contributed by atoms with Crippen LogP contribution in [-0.2, 0) is 6.54 Å². The van der Waals surface area contributed by atoms with E-state index < -0.39 is 0 Å². The van der Waals surface area contributed by atoms with E-state index in [0.717, 1.165) is 47.9 Å². The largest absolute Gasteiger partial charge is 0.497 e. The summed E-state index contributed by atoms with van der Waals surface area (Å²) in [6.45, 7) is 3.16. The molecule has 0 radical (unpaired) electrons. The van der Waals surface area contributed by atoms with Crippen molar-refractivity contribution in [2.75, 3.05) is 31.7 Å². The van der Waals surface area contributed by atoms with Crippen LogP contribution in [0.4, 0.5) is 0 Å². The fourth-order valence-electron chi connectivity index (χ4n) is 3.16. The van der Waals surface area contributed by atoms with Crippen LogP contribution >= 0.6 is 11.8 Å². The molecule has 4 nitrogen and oxygen atoms in total. The van der Waals surface area contributed by atoms with E-state index in [1.807, 2.05) is 23.9 Å². The molecule has 0 unspecified atom stereocenters. The maximum Gasteiger partial charge on any atom is 0.128 e. The third kappa shape index (κ3) is 3.01. The van der Waals surface area contributed by atoms with Gasteiger partial charge in [-0.1, -0.05) is 12.1 Å². The van der Waals surface area contributed by atoms with Crippen LogP contribution in [0.15, 0.2) is 48.5 Å². The van der Waals surface area contributed by atoms with Crippen LogP contribution in [-0.4, -0.2) is 46.2 Å². The Bertz CT molecular complexity index is 822. The van der Waals surface area contributed by atoms with Gasteiger partial charge in [0.25, 0.3) is 0 Å². The molecule has 3 aromatic rings. The van der Waals surface area contributed by atoms with Crippen LogP contribution in [0.25, 0.3) is 16.7 Å². The monoisotopic (exact) mass is 339 g/mol. The highest BCUT2D eigenvalue weighted by molar-refractivity contribution is 7.99. The van der Waals surface area contributed by atoms with E-state index in [2.05, 4.69) is 45.9 Å². The molecule has 2 heterocycles. The number of benzene rings is 2. The van der Waals surface area contributed by atoms with Crippen molar-refractivity contribution in [1.29, 1.82) is 0 Å². The van der Waals surface area contributed by atoms with E-state index in [9.17, 15) is 0 Å². The van der Waals surface area contributed by atoms with E-state index in [1.165, 1.54) is 11.5 Å². The third-order valence-electron chi connectivity index (χ3n) is 4.43. The molecule has 0 bridgehead atoms. The van der Waals surface area contributed by atoms with Gasteiger partial charge in [0.2, 0.25) is 0 Å².